The van der Waals surface area contributed by atoms with Crippen molar-refractivity contribution in [1.82, 2.24) is 0 Å². The fourth-order valence-corrected chi connectivity index (χ4v) is 3.98. The van der Waals surface area contributed by atoms with Crippen molar-refractivity contribution in [3.05, 3.63) is 73.6 Å². The van der Waals surface area contributed by atoms with E-state index >= 15 is 0 Å². The van der Waals surface area contributed by atoms with Gasteiger partial charge in [-0.25, -0.2) is 8.78 Å². The quantitative estimate of drug-likeness (QED) is 0.619. The van der Waals surface area contributed by atoms with Gasteiger partial charge in [-0.1, -0.05) is 17.7 Å². The highest BCUT2D eigenvalue weighted by molar-refractivity contribution is 7.16. The second-order valence-corrected chi connectivity index (χ2v) is 7.08. The predicted molar refractivity (Wildman–Crippen MR) is 85.5 cm³/mol. The number of halogens is 3. The minimum absolute atomic E-state index is 0.206. The van der Waals surface area contributed by atoms with E-state index in [0.29, 0.717) is 4.34 Å². The molecular formula is C15H10ClF2NS2. The summed E-state index contributed by atoms with van der Waals surface area (Å²) in [5, 5.41) is 5.09. The van der Waals surface area contributed by atoms with Gasteiger partial charge in [0.25, 0.3) is 0 Å². The summed E-state index contributed by atoms with van der Waals surface area (Å²) in [6.07, 6.45) is 0. The number of benzene rings is 1. The Bertz CT molecular complexity index is 740. The van der Waals surface area contributed by atoms with Crippen LogP contribution in [0.5, 0.6) is 0 Å². The van der Waals surface area contributed by atoms with Gasteiger partial charge >= 0.3 is 0 Å². The van der Waals surface area contributed by atoms with E-state index in [4.69, 9.17) is 11.6 Å². The lowest BCUT2D eigenvalue weighted by molar-refractivity contribution is 0.584. The molecule has 3 aromatic rings. The van der Waals surface area contributed by atoms with E-state index in [1.165, 1.54) is 23.5 Å². The molecule has 0 saturated heterocycles. The highest BCUT2D eigenvalue weighted by Gasteiger charge is 2.18. The molecule has 108 valence electrons. The van der Waals surface area contributed by atoms with Crippen molar-refractivity contribution in [1.29, 1.82) is 0 Å². The highest BCUT2D eigenvalue weighted by atomic mass is 35.5. The summed E-state index contributed by atoms with van der Waals surface area (Å²) >= 11 is 8.99. The fourth-order valence-electron chi connectivity index (χ4n) is 1.98. The monoisotopic (exact) mass is 341 g/mol. The van der Waals surface area contributed by atoms with E-state index < -0.39 is 11.6 Å². The second-order valence-electron chi connectivity index (χ2n) is 4.36. The van der Waals surface area contributed by atoms with E-state index in [-0.39, 0.29) is 11.7 Å². The average molecular weight is 342 g/mol. The zero-order valence-corrected chi connectivity index (χ0v) is 13.0. The molecule has 0 fully saturated rings. The van der Waals surface area contributed by atoms with E-state index in [2.05, 4.69) is 5.32 Å². The van der Waals surface area contributed by atoms with Gasteiger partial charge in [-0.05, 0) is 35.7 Å². The van der Waals surface area contributed by atoms with Gasteiger partial charge in [0.05, 0.1) is 16.1 Å². The van der Waals surface area contributed by atoms with Crippen LogP contribution in [0, 0.1) is 11.6 Å². The largest absolute Gasteiger partial charge is 0.370 e. The van der Waals surface area contributed by atoms with Crippen LogP contribution in [0.15, 0.2) is 47.8 Å². The van der Waals surface area contributed by atoms with Crippen molar-refractivity contribution in [2.45, 2.75) is 6.04 Å². The molecule has 0 spiro atoms. The maximum absolute atomic E-state index is 13.9. The lowest BCUT2D eigenvalue weighted by atomic mass is 10.2. The number of hydrogen-bond donors (Lipinski definition) is 1. The van der Waals surface area contributed by atoms with Crippen molar-refractivity contribution >= 4 is 40.0 Å². The van der Waals surface area contributed by atoms with Crippen LogP contribution in [0.2, 0.25) is 4.34 Å². The lowest BCUT2D eigenvalue weighted by Gasteiger charge is -2.18. The standard InChI is InChI=1S/C15H10ClF2NS2/c16-14-6-5-13(21-14)15(12-2-1-7-20-12)19-11-4-3-9(17)8-10(11)18/h1-8,15,19H. The fraction of sp³-hybridized carbons (Fsp3) is 0.0667. The van der Waals surface area contributed by atoms with E-state index in [1.807, 2.05) is 29.6 Å². The third-order valence-corrected chi connectivity index (χ3v) is 5.17. The topological polar surface area (TPSA) is 12.0 Å². The summed E-state index contributed by atoms with van der Waals surface area (Å²) in [6.45, 7) is 0. The normalized spacial score (nSPS) is 12.3. The van der Waals surface area contributed by atoms with Crippen LogP contribution in [0.1, 0.15) is 15.8 Å². The van der Waals surface area contributed by atoms with E-state index in [1.54, 1.807) is 11.3 Å². The van der Waals surface area contributed by atoms with Crippen LogP contribution < -0.4 is 5.32 Å². The van der Waals surface area contributed by atoms with Crippen LogP contribution in [0.3, 0.4) is 0 Å². The molecular weight excluding hydrogens is 332 g/mol. The molecule has 0 saturated carbocycles. The van der Waals surface area contributed by atoms with Gasteiger partial charge in [-0.2, -0.15) is 0 Å². The van der Waals surface area contributed by atoms with Gasteiger partial charge in [0.2, 0.25) is 0 Å². The maximum atomic E-state index is 13.9. The van der Waals surface area contributed by atoms with Gasteiger partial charge < -0.3 is 5.32 Å². The van der Waals surface area contributed by atoms with Crippen LogP contribution >= 0.6 is 34.3 Å². The van der Waals surface area contributed by atoms with Crippen molar-refractivity contribution in [3.8, 4) is 0 Å². The minimum Gasteiger partial charge on any atom is -0.370 e. The molecule has 0 bridgehead atoms. The first-order valence-electron chi connectivity index (χ1n) is 6.14. The Morgan fingerprint density at radius 2 is 1.90 bits per heavy atom. The summed E-state index contributed by atoms with van der Waals surface area (Å²) in [5.74, 6) is -1.20. The molecule has 1 N–H and O–H groups in total. The Kier molecular flexibility index (Phi) is 4.24. The molecule has 3 rings (SSSR count). The molecule has 6 heteroatoms. The molecule has 0 aliphatic rings. The number of anilines is 1. The third-order valence-electron chi connectivity index (χ3n) is 2.94. The molecule has 0 aliphatic carbocycles. The predicted octanol–water partition coefficient (Wildman–Crippen LogP) is 5.94. The summed E-state index contributed by atoms with van der Waals surface area (Å²) in [4.78, 5) is 2.02. The second kappa shape index (κ2) is 6.13. The first-order valence-corrected chi connectivity index (χ1v) is 8.21. The summed E-state index contributed by atoms with van der Waals surface area (Å²) in [6, 6.07) is 10.9. The van der Waals surface area contributed by atoms with Gasteiger partial charge in [-0.15, -0.1) is 22.7 Å². The number of nitrogens with one attached hydrogen (secondary N) is 1. The lowest BCUT2D eigenvalue weighted by Crippen LogP contribution is -2.10. The van der Waals surface area contributed by atoms with Gasteiger partial charge in [-0.3, -0.25) is 0 Å². The average Bonchev–Trinajstić information content (AvgIpc) is 3.09. The molecule has 2 aromatic heterocycles. The Morgan fingerprint density at radius 1 is 1.05 bits per heavy atom. The Hall–Kier alpha value is -1.43. The van der Waals surface area contributed by atoms with Gasteiger partial charge in [0, 0.05) is 15.8 Å². The van der Waals surface area contributed by atoms with Crippen LogP contribution in [0.25, 0.3) is 0 Å². The van der Waals surface area contributed by atoms with Crippen molar-refractivity contribution in [2.24, 2.45) is 0 Å². The zero-order chi connectivity index (χ0) is 14.8. The molecule has 2 heterocycles. The number of hydrogen-bond acceptors (Lipinski definition) is 3. The van der Waals surface area contributed by atoms with Gasteiger partial charge in [0.1, 0.15) is 11.6 Å². The van der Waals surface area contributed by atoms with Crippen molar-refractivity contribution in [3.63, 3.8) is 0 Å². The summed E-state index contributed by atoms with van der Waals surface area (Å²) in [5.41, 5.74) is 0.263. The first-order chi connectivity index (χ1) is 10.1. The molecule has 1 aromatic carbocycles. The Morgan fingerprint density at radius 3 is 2.52 bits per heavy atom. The first kappa shape index (κ1) is 14.5. The Labute approximate surface area is 133 Å². The van der Waals surface area contributed by atoms with Crippen LogP contribution in [-0.4, -0.2) is 0 Å². The number of rotatable bonds is 4. The third kappa shape index (κ3) is 3.26. The number of thiophene rings is 2. The van der Waals surface area contributed by atoms with E-state index in [9.17, 15) is 8.78 Å². The van der Waals surface area contributed by atoms with Crippen molar-refractivity contribution < 1.29 is 8.78 Å². The summed E-state index contributed by atoms with van der Waals surface area (Å²) < 4.78 is 27.5. The van der Waals surface area contributed by atoms with E-state index in [0.717, 1.165) is 15.8 Å². The molecule has 0 amide bonds. The Balaban J connectivity index is 1.96. The molecule has 1 unspecified atom stereocenters. The van der Waals surface area contributed by atoms with Gasteiger partial charge in [0.15, 0.2) is 0 Å². The highest BCUT2D eigenvalue weighted by Crippen LogP contribution is 2.36. The molecule has 1 atom stereocenters. The van der Waals surface area contributed by atoms with Crippen molar-refractivity contribution in [2.75, 3.05) is 5.32 Å². The van der Waals surface area contributed by atoms with Crippen LogP contribution in [-0.2, 0) is 0 Å². The smallest absolute Gasteiger partial charge is 0.149 e. The zero-order valence-electron chi connectivity index (χ0n) is 10.6. The summed E-state index contributed by atoms with van der Waals surface area (Å²) in [7, 11) is 0. The molecule has 1 nitrogen and oxygen atoms in total. The maximum Gasteiger partial charge on any atom is 0.149 e. The molecule has 0 aliphatic heterocycles. The minimum atomic E-state index is -0.612. The molecule has 21 heavy (non-hydrogen) atoms. The van der Waals surface area contributed by atoms with Crippen LogP contribution in [0.4, 0.5) is 14.5 Å². The molecule has 0 radical (unpaired) electrons. The SMILES string of the molecule is Fc1ccc(NC(c2cccs2)c2ccc(Cl)s2)c(F)c1.